The van der Waals surface area contributed by atoms with Crippen LogP contribution in [0.5, 0.6) is 0 Å². The summed E-state index contributed by atoms with van der Waals surface area (Å²) in [5.41, 5.74) is 0. The quantitative estimate of drug-likeness (QED) is 0.586. The van der Waals surface area contributed by atoms with Crippen LogP contribution in [0, 0.1) is 5.92 Å². The number of hydrogen-bond acceptors (Lipinski definition) is 1. The minimum atomic E-state index is -5.68. The van der Waals surface area contributed by atoms with Crippen molar-refractivity contribution in [2.45, 2.75) is 19.0 Å². The molecule has 0 aromatic heterocycles. The molecule has 6 heteroatoms. The maximum absolute atomic E-state index is 11.9. The van der Waals surface area contributed by atoms with Crippen molar-refractivity contribution in [2.75, 3.05) is 0 Å². The van der Waals surface area contributed by atoms with Crippen molar-refractivity contribution >= 4 is 6.29 Å². The molecule has 0 rings (SSSR count). The standard InChI is InChI=1S/C5H4F5O/c1-3(2-11)4(6,7)5(8,9)10/h3H,1H3. The summed E-state index contributed by atoms with van der Waals surface area (Å²) in [7, 11) is 0. The zero-order valence-corrected chi connectivity index (χ0v) is 5.38. The second-order valence-corrected chi connectivity index (χ2v) is 1.96. The Morgan fingerprint density at radius 3 is 1.64 bits per heavy atom. The fraction of sp³-hybridized carbons (Fsp3) is 0.800. The third-order valence-corrected chi connectivity index (χ3v) is 1.10. The largest absolute Gasteiger partial charge is 0.454 e. The summed E-state index contributed by atoms with van der Waals surface area (Å²) in [5.74, 6) is -7.43. The van der Waals surface area contributed by atoms with Gasteiger partial charge in [-0.2, -0.15) is 22.0 Å². The molecule has 0 aromatic rings. The Balaban J connectivity index is 4.58. The van der Waals surface area contributed by atoms with E-state index in [1.165, 1.54) is 0 Å². The Morgan fingerprint density at radius 1 is 1.18 bits per heavy atom. The Morgan fingerprint density at radius 2 is 1.55 bits per heavy atom. The van der Waals surface area contributed by atoms with E-state index in [0.717, 1.165) is 0 Å². The molecule has 0 saturated heterocycles. The van der Waals surface area contributed by atoms with Crippen LogP contribution in [0.1, 0.15) is 6.92 Å². The number of halogens is 5. The van der Waals surface area contributed by atoms with Gasteiger partial charge in [-0.05, 0) is 6.92 Å². The zero-order valence-electron chi connectivity index (χ0n) is 5.38. The summed E-state index contributed by atoms with van der Waals surface area (Å²) in [6.07, 6.45) is -5.09. The highest BCUT2D eigenvalue weighted by Crippen LogP contribution is 2.40. The topological polar surface area (TPSA) is 17.1 Å². The molecule has 0 heterocycles. The number of alkyl halides is 5. The lowest BCUT2D eigenvalue weighted by atomic mass is 10.1. The molecular formula is C5H4F5O. The smallest absolute Gasteiger partial charge is 0.290 e. The first kappa shape index (κ1) is 10.3. The second kappa shape index (κ2) is 2.75. The van der Waals surface area contributed by atoms with E-state index in [0.29, 0.717) is 13.2 Å². The van der Waals surface area contributed by atoms with E-state index in [1.54, 1.807) is 0 Å². The summed E-state index contributed by atoms with van der Waals surface area (Å²) >= 11 is 0. The van der Waals surface area contributed by atoms with Gasteiger partial charge in [-0.15, -0.1) is 0 Å². The van der Waals surface area contributed by atoms with Crippen LogP contribution in [-0.4, -0.2) is 18.4 Å². The first-order valence-electron chi connectivity index (χ1n) is 2.55. The van der Waals surface area contributed by atoms with Gasteiger partial charge < -0.3 is 0 Å². The SMILES string of the molecule is CC([C]=O)C(F)(F)C(F)(F)F. The van der Waals surface area contributed by atoms with Crippen LogP contribution < -0.4 is 0 Å². The van der Waals surface area contributed by atoms with Gasteiger partial charge in [-0.3, -0.25) is 4.79 Å². The molecule has 1 radical (unpaired) electrons. The molecule has 0 amide bonds. The van der Waals surface area contributed by atoms with Crippen molar-refractivity contribution in [2.24, 2.45) is 5.92 Å². The van der Waals surface area contributed by atoms with E-state index in [2.05, 4.69) is 0 Å². The van der Waals surface area contributed by atoms with Gasteiger partial charge in [0, 0.05) is 0 Å². The van der Waals surface area contributed by atoms with Gasteiger partial charge >= 0.3 is 12.1 Å². The van der Waals surface area contributed by atoms with E-state index in [4.69, 9.17) is 0 Å². The number of carbonyl (C=O) groups excluding carboxylic acids is 1. The van der Waals surface area contributed by atoms with Crippen molar-refractivity contribution in [3.8, 4) is 0 Å². The van der Waals surface area contributed by atoms with Crippen molar-refractivity contribution in [3.63, 3.8) is 0 Å². The molecular weight excluding hydrogens is 171 g/mol. The zero-order chi connectivity index (χ0) is 9.28. The molecule has 1 unspecified atom stereocenters. The molecule has 0 aliphatic rings. The van der Waals surface area contributed by atoms with Gasteiger partial charge in [0.1, 0.15) is 0 Å². The predicted molar refractivity (Wildman–Crippen MR) is 25.9 cm³/mol. The van der Waals surface area contributed by atoms with Crippen LogP contribution >= 0.6 is 0 Å². The normalized spacial score (nSPS) is 16.2. The molecule has 1 atom stereocenters. The lowest BCUT2D eigenvalue weighted by molar-refractivity contribution is -0.292. The summed E-state index contributed by atoms with van der Waals surface area (Å²) in [5, 5.41) is 0. The third kappa shape index (κ3) is 1.87. The average Bonchev–Trinajstić information content (AvgIpc) is 1.83. The van der Waals surface area contributed by atoms with Gasteiger partial charge in [-0.1, -0.05) is 0 Å². The van der Waals surface area contributed by atoms with Gasteiger partial charge in [0.15, 0.2) is 0 Å². The summed E-state index contributed by atoms with van der Waals surface area (Å²) < 4.78 is 57.9. The Kier molecular flexibility index (Phi) is 2.58. The Hall–Kier alpha value is -0.680. The van der Waals surface area contributed by atoms with E-state index in [9.17, 15) is 26.7 Å². The molecule has 0 bridgehead atoms. The highest BCUT2D eigenvalue weighted by molar-refractivity contribution is 5.55. The summed E-state index contributed by atoms with van der Waals surface area (Å²) in [6.45, 7) is 0.459. The monoisotopic (exact) mass is 175 g/mol. The Labute approximate surface area is 59.2 Å². The van der Waals surface area contributed by atoms with Crippen LogP contribution in [0.3, 0.4) is 0 Å². The molecule has 0 fully saturated rings. The van der Waals surface area contributed by atoms with Gasteiger partial charge in [0.25, 0.3) is 0 Å². The first-order chi connectivity index (χ1) is 4.73. The second-order valence-electron chi connectivity index (χ2n) is 1.96. The maximum atomic E-state index is 11.9. The summed E-state index contributed by atoms with van der Waals surface area (Å²) in [6, 6.07) is 0. The van der Waals surface area contributed by atoms with E-state index in [1.807, 2.05) is 0 Å². The third-order valence-electron chi connectivity index (χ3n) is 1.10. The molecule has 11 heavy (non-hydrogen) atoms. The summed E-state index contributed by atoms with van der Waals surface area (Å²) in [4.78, 5) is 9.49. The van der Waals surface area contributed by atoms with Crippen LogP contribution in [-0.2, 0) is 4.79 Å². The molecule has 0 aromatic carbocycles. The van der Waals surface area contributed by atoms with Crippen LogP contribution in [0.15, 0.2) is 0 Å². The number of rotatable bonds is 2. The average molecular weight is 175 g/mol. The fourth-order valence-corrected chi connectivity index (χ4v) is 0.320. The highest BCUT2D eigenvalue weighted by Gasteiger charge is 2.61. The minimum absolute atomic E-state index is 0.459. The highest BCUT2D eigenvalue weighted by atomic mass is 19.4. The molecule has 0 aliphatic carbocycles. The Bertz CT molecular complexity index is 149. The van der Waals surface area contributed by atoms with E-state index < -0.39 is 18.0 Å². The number of hydrogen-bond donors (Lipinski definition) is 0. The van der Waals surface area contributed by atoms with Crippen LogP contribution in [0.4, 0.5) is 22.0 Å². The van der Waals surface area contributed by atoms with Crippen molar-refractivity contribution in [1.29, 1.82) is 0 Å². The van der Waals surface area contributed by atoms with Crippen molar-refractivity contribution in [1.82, 2.24) is 0 Å². The van der Waals surface area contributed by atoms with E-state index >= 15 is 0 Å². The van der Waals surface area contributed by atoms with Gasteiger partial charge in [0.2, 0.25) is 6.29 Å². The van der Waals surface area contributed by atoms with Gasteiger partial charge in [0.05, 0.1) is 5.92 Å². The molecule has 1 nitrogen and oxygen atoms in total. The first-order valence-corrected chi connectivity index (χ1v) is 2.55. The maximum Gasteiger partial charge on any atom is 0.454 e. The van der Waals surface area contributed by atoms with Crippen molar-refractivity contribution < 1.29 is 26.7 Å². The molecule has 0 N–H and O–H groups in total. The molecule has 0 spiro atoms. The molecule has 0 aliphatic heterocycles. The van der Waals surface area contributed by atoms with Crippen molar-refractivity contribution in [3.05, 3.63) is 0 Å². The predicted octanol–water partition coefficient (Wildman–Crippen LogP) is 1.93. The van der Waals surface area contributed by atoms with E-state index in [-0.39, 0.29) is 0 Å². The molecule has 65 valence electrons. The van der Waals surface area contributed by atoms with Crippen LogP contribution in [0.25, 0.3) is 0 Å². The van der Waals surface area contributed by atoms with Gasteiger partial charge in [-0.25, -0.2) is 0 Å². The van der Waals surface area contributed by atoms with Crippen LogP contribution in [0.2, 0.25) is 0 Å². The lowest BCUT2D eigenvalue weighted by Gasteiger charge is -2.21. The molecule has 0 saturated carbocycles. The lowest BCUT2D eigenvalue weighted by Crippen LogP contribution is -2.42. The minimum Gasteiger partial charge on any atom is -0.290 e. The fourth-order valence-electron chi connectivity index (χ4n) is 0.320.